The van der Waals surface area contributed by atoms with Crippen molar-refractivity contribution in [1.82, 2.24) is 0 Å². The Morgan fingerprint density at radius 1 is 1.25 bits per heavy atom. The molecule has 2 aromatic rings. The van der Waals surface area contributed by atoms with Crippen molar-refractivity contribution in [3.05, 3.63) is 39.2 Å². The Morgan fingerprint density at radius 3 is 2.50 bits per heavy atom. The van der Waals surface area contributed by atoms with Gasteiger partial charge in [-0.2, -0.15) is 0 Å². The number of benzene rings is 1. The van der Waals surface area contributed by atoms with E-state index in [0.717, 1.165) is 11.3 Å². The highest BCUT2D eigenvalue weighted by molar-refractivity contribution is 7.18. The van der Waals surface area contributed by atoms with E-state index in [1.54, 1.807) is 24.3 Å². The fourth-order valence-electron chi connectivity index (χ4n) is 1.65. The number of carboxylic acid groups (broad SMARTS) is 1. The van der Waals surface area contributed by atoms with Crippen LogP contribution in [-0.2, 0) is 4.79 Å². The maximum atomic E-state index is 11.2. The van der Waals surface area contributed by atoms with E-state index in [2.05, 4.69) is 5.32 Å². The summed E-state index contributed by atoms with van der Waals surface area (Å²) in [6.45, 7) is 1.32. The maximum Gasteiger partial charge on any atom is 0.348 e. The van der Waals surface area contributed by atoms with E-state index >= 15 is 0 Å². The van der Waals surface area contributed by atoms with E-state index in [-0.39, 0.29) is 16.5 Å². The quantitative estimate of drug-likeness (QED) is 0.878. The molecule has 1 aromatic heterocycles. The first kappa shape index (κ1) is 14.8. The molecule has 104 valence electrons. The fourth-order valence-corrected chi connectivity index (χ4v) is 3.21. The van der Waals surface area contributed by atoms with E-state index in [9.17, 15) is 9.59 Å². The third-order valence-electron chi connectivity index (χ3n) is 2.43. The van der Waals surface area contributed by atoms with E-state index in [4.69, 9.17) is 28.3 Å². The van der Waals surface area contributed by atoms with Crippen molar-refractivity contribution < 1.29 is 14.7 Å². The average Bonchev–Trinajstić information content (AvgIpc) is 2.71. The highest BCUT2D eigenvalue weighted by Crippen LogP contribution is 2.39. The van der Waals surface area contributed by atoms with Gasteiger partial charge >= 0.3 is 5.97 Å². The predicted octanol–water partition coefficient (Wildman–Crippen LogP) is 4.38. The molecule has 0 saturated heterocycles. The summed E-state index contributed by atoms with van der Waals surface area (Å²) in [6, 6.07) is 6.54. The number of carbonyl (C=O) groups excluding carboxylic acids is 1. The number of thiophene rings is 1. The van der Waals surface area contributed by atoms with Crippen molar-refractivity contribution in [3.8, 4) is 10.4 Å². The first-order chi connectivity index (χ1) is 9.38. The predicted molar refractivity (Wildman–Crippen MR) is 81.0 cm³/mol. The van der Waals surface area contributed by atoms with Crippen LogP contribution in [0, 0.1) is 0 Å². The van der Waals surface area contributed by atoms with Gasteiger partial charge in [0.05, 0.1) is 10.7 Å². The maximum absolute atomic E-state index is 11.2. The second-order valence-electron chi connectivity index (χ2n) is 3.96. The Morgan fingerprint density at radius 2 is 1.95 bits per heavy atom. The number of carboxylic acids is 1. The lowest BCUT2D eigenvalue weighted by molar-refractivity contribution is -0.114. The molecule has 0 unspecified atom stereocenters. The molecule has 0 bridgehead atoms. The third kappa shape index (κ3) is 3.12. The molecule has 20 heavy (non-hydrogen) atoms. The topological polar surface area (TPSA) is 66.4 Å². The Kier molecular flexibility index (Phi) is 4.32. The molecule has 4 nitrogen and oxygen atoms in total. The number of aromatic carboxylic acids is 1. The van der Waals surface area contributed by atoms with Crippen molar-refractivity contribution in [1.29, 1.82) is 0 Å². The van der Waals surface area contributed by atoms with Gasteiger partial charge < -0.3 is 10.4 Å². The molecule has 1 amide bonds. The van der Waals surface area contributed by atoms with E-state index in [1.165, 1.54) is 6.92 Å². The number of halogens is 2. The Labute approximate surface area is 128 Å². The molecule has 2 N–H and O–H groups in total. The van der Waals surface area contributed by atoms with Gasteiger partial charge in [0.1, 0.15) is 4.88 Å². The summed E-state index contributed by atoms with van der Waals surface area (Å²) in [5.41, 5.74) is 0.927. The number of nitrogens with one attached hydrogen (secondary N) is 1. The van der Waals surface area contributed by atoms with Crippen LogP contribution in [0.1, 0.15) is 16.6 Å². The average molecular weight is 330 g/mol. The standard InChI is InChI=1S/C13H9Cl2NO3S/c1-6(17)16-10-5-11(20-12(10)13(18)19)8-3-2-7(14)4-9(8)15/h2-5H,1H3,(H,16,17)(H,18,19). The molecule has 0 aliphatic carbocycles. The van der Waals surface area contributed by atoms with Crippen molar-refractivity contribution in [2.24, 2.45) is 0 Å². The van der Waals surface area contributed by atoms with Crippen LogP contribution in [0.2, 0.25) is 10.0 Å². The van der Waals surface area contributed by atoms with Crippen LogP contribution in [0.3, 0.4) is 0 Å². The highest BCUT2D eigenvalue weighted by atomic mass is 35.5. The number of amides is 1. The minimum Gasteiger partial charge on any atom is -0.477 e. The molecule has 0 atom stereocenters. The summed E-state index contributed by atoms with van der Waals surface area (Å²) in [5.74, 6) is -1.44. The molecule has 1 heterocycles. The van der Waals surface area contributed by atoms with Gasteiger partial charge in [0.25, 0.3) is 0 Å². The van der Waals surface area contributed by atoms with Crippen LogP contribution in [0.15, 0.2) is 24.3 Å². The number of hydrogen-bond donors (Lipinski definition) is 2. The van der Waals surface area contributed by atoms with Crippen LogP contribution in [0.4, 0.5) is 5.69 Å². The van der Waals surface area contributed by atoms with E-state index < -0.39 is 5.97 Å². The zero-order valence-electron chi connectivity index (χ0n) is 10.2. The molecule has 2 rings (SSSR count). The Balaban J connectivity index is 2.52. The first-order valence-corrected chi connectivity index (χ1v) is 7.06. The van der Waals surface area contributed by atoms with E-state index in [0.29, 0.717) is 20.5 Å². The van der Waals surface area contributed by atoms with Crippen molar-refractivity contribution in [2.45, 2.75) is 6.92 Å². The van der Waals surface area contributed by atoms with Crippen LogP contribution >= 0.6 is 34.5 Å². The van der Waals surface area contributed by atoms with Crippen LogP contribution in [0.25, 0.3) is 10.4 Å². The normalized spacial score (nSPS) is 10.3. The Hall–Kier alpha value is -1.56. The van der Waals surface area contributed by atoms with Gasteiger partial charge in [-0.05, 0) is 18.2 Å². The smallest absolute Gasteiger partial charge is 0.348 e. The SMILES string of the molecule is CC(=O)Nc1cc(-c2ccc(Cl)cc2Cl)sc1C(=O)O. The van der Waals surface area contributed by atoms with Crippen LogP contribution in [-0.4, -0.2) is 17.0 Å². The molecule has 0 radical (unpaired) electrons. The van der Waals surface area contributed by atoms with Crippen molar-refractivity contribution in [2.75, 3.05) is 5.32 Å². The Bertz CT molecular complexity index is 697. The lowest BCUT2D eigenvalue weighted by Crippen LogP contribution is -2.08. The lowest BCUT2D eigenvalue weighted by atomic mass is 10.2. The zero-order valence-corrected chi connectivity index (χ0v) is 12.6. The highest BCUT2D eigenvalue weighted by Gasteiger charge is 2.18. The van der Waals surface area contributed by atoms with Gasteiger partial charge in [-0.15, -0.1) is 11.3 Å². The molecule has 7 heteroatoms. The molecular formula is C13H9Cl2NO3S. The fraction of sp³-hybridized carbons (Fsp3) is 0.0769. The molecule has 1 aromatic carbocycles. The van der Waals surface area contributed by atoms with Gasteiger partial charge in [0, 0.05) is 22.4 Å². The summed E-state index contributed by atoms with van der Waals surface area (Å²) in [7, 11) is 0. The second-order valence-corrected chi connectivity index (χ2v) is 5.86. The zero-order chi connectivity index (χ0) is 14.9. The van der Waals surface area contributed by atoms with Crippen LogP contribution < -0.4 is 5.32 Å². The van der Waals surface area contributed by atoms with Crippen LogP contribution in [0.5, 0.6) is 0 Å². The van der Waals surface area contributed by atoms with Gasteiger partial charge in [-0.3, -0.25) is 4.79 Å². The number of rotatable bonds is 3. The number of hydrogen-bond acceptors (Lipinski definition) is 3. The van der Waals surface area contributed by atoms with Crippen molar-refractivity contribution >= 4 is 52.1 Å². The molecule has 0 saturated carbocycles. The summed E-state index contributed by atoms with van der Waals surface area (Å²) in [5, 5.41) is 12.6. The minimum atomic E-state index is -1.10. The van der Waals surface area contributed by atoms with Gasteiger partial charge in [-0.1, -0.05) is 29.3 Å². The summed E-state index contributed by atoms with van der Waals surface area (Å²) < 4.78 is 0. The van der Waals surface area contributed by atoms with Gasteiger partial charge in [0.15, 0.2) is 0 Å². The number of carbonyl (C=O) groups is 2. The number of anilines is 1. The third-order valence-corrected chi connectivity index (χ3v) is 4.14. The van der Waals surface area contributed by atoms with E-state index in [1.807, 2.05) is 0 Å². The largest absolute Gasteiger partial charge is 0.477 e. The summed E-state index contributed by atoms with van der Waals surface area (Å²) in [4.78, 5) is 23.0. The summed E-state index contributed by atoms with van der Waals surface area (Å²) in [6.07, 6.45) is 0. The monoisotopic (exact) mass is 329 g/mol. The molecule has 0 spiro atoms. The molecule has 0 aliphatic rings. The van der Waals surface area contributed by atoms with Gasteiger partial charge in [0.2, 0.25) is 5.91 Å². The summed E-state index contributed by atoms with van der Waals surface area (Å²) >= 11 is 13.0. The van der Waals surface area contributed by atoms with Crippen molar-refractivity contribution in [3.63, 3.8) is 0 Å². The lowest BCUT2D eigenvalue weighted by Gasteiger charge is -2.01. The molecule has 0 fully saturated rings. The molecular weight excluding hydrogens is 321 g/mol. The first-order valence-electron chi connectivity index (χ1n) is 5.48. The molecule has 0 aliphatic heterocycles. The van der Waals surface area contributed by atoms with Gasteiger partial charge in [-0.25, -0.2) is 4.79 Å². The minimum absolute atomic E-state index is 0.0567. The second kappa shape index (κ2) is 5.83.